The van der Waals surface area contributed by atoms with E-state index in [0.717, 1.165) is 31.9 Å². The Balaban J connectivity index is 1.64. The summed E-state index contributed by atoms with van der Waals surface area (Å²) >= 11 is 0. The van der Waals surface area contributed by atoms with Crippen LogP contribution in [0.1, 0.15) is 26.7 Å². The fourth-order valence-corrected chi connectivity index (χ4v) is 5.05. The number of hydrogen-bond acceptors (Lipinski definition) is 5. The Labute approximate surface area is 177 Å². The van der Waals surface area contributed by atoms with Crippen molar-refractivity contribution in [1.82, 2.24) is 4.90 Å². The van der Waals surface area contributed by atoms with Crippen LogP contribution < -0.4 is 4.90 Å². The summed E-state index contributed by atoms with van der Waals surface area (Å²) in [7, 11) is -3.27. The number of ether oxygens (including phenoxy) is 1. The largest absolute Gasteiger partial charge is 0.414 e. The van der Waals surface area contributed by atoms with Crippen LogP contribution in [-0.2, 0) is 14.6 Å². The van der Waals surface area contributed by atoms with Crippen LogP contribution in [0.15, 0.2) is 29.2 Å². The Morgan fingerprint density at radius 2 is 1.93 bits per heavy atom. The number of sulfone groups is 1. The Morgan fingerprint density at radius 3 is 2.50 bits per heavy atom. The van der Waals surface area contributed by atoms with Crippen molar-refractivity contribution in [2.45, 2.75) is 49.9 Å². The Hall–Kier alpha value is -1.32. The van der Waals surface area contributed by atoms with Gasteiger partial charge in [0.15, 0.2) is 15.9 Å². The zero-order chi connectivity index (χ0) is 22.1. The molecule has 0 N–H and O–H groups in total. The van der Waals surface area contributed by atoms with E-state index in [0.29, 0.717) is 17.2 Å². The van der Waals surface area contributed by atoms with Gasteiger partial charge in [0, 0.05) is 44.2 Å². The molecule has 0 bridgehead atoms. The van der Waals surface area contributed by atoms with E-state index in [1.54, 1.807) is 18.2 Å². The summed E-state index contributed by atoms with van der Waals surface area (Å²) in [5, 5.41) is 0. The second kappa shape index (κ2) is 9.04. The lowest BCUT2D eigenvalue weighted by Gasteiger charge is -2.46. The first-order valence-corrected chi connectivity index (χ1v) is 12.3. The van der Waals surface area contributed by atoms with Crippen LogP contribution in [0.3, 0.4) is 0 Å². The summed E-state index contributed by atoms with van der Waals surface area (Å²) in [4.78, 5) is 4.87. The highest BCUT2D eigenvalue weighted by atomic mass is 32.2. The highest BCUT2D eigenvalue weighted by molar-refractivity contribution is 7.90. The van der Waals surface area contributed by atoms with Crippen LogP contribution in [-0.4, -0.2) is 70.7 Å². The first-order valence-electron chi connectivity index (χ1n) is 10.4. The molecule has 0 saturated carbocycles. The molecule has 5 nitrogen and oxygen atoms in total. The van der Waals surface area contributed by atoms with Gasteiger partial charge in [0.1, 0.15) is 0 Å². The van der Waals surface area contributed by atoms with Gasteiger partial charge in [-0.1, -0.05) is 19.9 Å². The number of halogens is 3. The van der Waals surface area contributed by atoms with Crippen molar-refractivity contribution < 1.29 is 26.3 Å². The maximum absolute atomic E-state index is 12.8. The molecule has 0 radical (unpaired) electrons. The van der Waals surface area contributed by atoms with Gasteiger partial charge in [0.25, 0.3) is 0 Å². The number of alkyl halides is 3. The van der Waals surface area contributed by atoms with E-state index < -0.39 is 22.1 Å². The van der Waals surface area contributed by atoms with E-state index in [1.807, 2.05) is 6.07 Å². The van der Waals surface area contributed by atoms with E-state index in [4.69, 9.17) is 4.74 Å². The molecule has 2 aliphatic rings. The summed E-state index contributed by atoms with van der Waals surface area (Å²) in [5.74, 6) is 0.461. The predicted octanol–water partition coefficient (Wildman–Crippen LogP) is 3.59. The van der Waals surface area contributed by atoms with Crippen LogP contribution in [0.2, 0.25) is 0 Å². The number of rotatable bonds is 5. The summed E-state index contributed by atoms with van der Waals surface area (Å²) in [5.41, 5.74) is 0.886. The molecular formula is C21H31F3N2O3S. The van der Waals surface area contributed by atoms with Gasteiger partial charge in [-0.05, 0) is 42.9 Å². The number of hydrogen-bond donors (Lipinski definition) is 0. The van der Waals surface area contributed by atoms with Crippen LogP contribution >= 0.6 is 0 Å². The average Bonchev–Trinajstić information content (AvgIpc) is 2.67. The molecule has 3 atom stereocenters. The minimum Gasteiger partial charge on any atom is -0.369 e. The minimum absolute atomic E-state index is 0.0265. The van der Waals surface area contributed by atoms with Crippen LogP contribution in [0.25, 0.3) is 0 Å². The second-order valence-electron chi connectivity index (χ2n) is 8.83. The number of nitrogens with zero attached hydrogens (tertiary/aromatic N) is 2. The smallest absolute Gasteiger partial charge is 0.369 e. The topological polar surface area (TPSA) is 49.9 Å². The van der Waals surface area contributed by atoms with Gasteiger partial charge in [-0.3, -0.25) is 4.90 Å². The maximum Gasteiger partial charge on any atom is 0.414 e. The SMILES string of the molecule is CC(C)[C@H]1CN(c2cccc(S(C)(=O)=O)c2)CCN1C[C@@H]1CCC(C(F)(F)F)OC1. The fraction of sp³-hybridized carbons (Fsp3) is 0.714. The van der Waals surface area contributed by atoms with E-state index in [1.165, 1.54) is 6.26 Å². The number of benzene rings is 1. The first-order chi connectivity index (χ1) is 13.9. The maximum atomic E-state index is 12.8. The third-order valence-electron chi connectivity index (χ3n) is 6.14. The second-order valence-corrected chi connectivity index (χ2v) is 10.8. The Kier molecular flexibility index (Phi) is 7.04. The standard InChI is InChI=1S/C21H31F3N2O3S/c1-15(2)19-13-25(17-5-4-6-18(11-17)30(3,27)28)9-10-26(19)12-16-7-8-20(29-14-16)21(22,23)24/h4-6,11,15-16,19-20H,7-10,12-14H2,1-3H3/t16-,19+,20?/m0/s1. The normalized spacial score (nSPS) is 26.9. The molecule has 1 aromatic carbocycles. The van der Waals surface area contributed by atoms with Crippen LogP contribution in [0.5, 0.6) is 0 Å². The molecule has 2 saturated heterocycles. The van der Waals surface area contributed by atoms with Gasteiger partial charge >= 0.3 is 6.18 Å². The monoisotopic (exact) mass is 448 g/mol. The first kappa shape index (κ1) is 23.3. The number of piperazine rings is 1. The molecule has 0 amide bonds. The van der Waals surface area contributed by atoms with E-state index in [2.05, 4.69) is 23.6 Å². The molecule has 0 aromatic heterocycles. The molecule has 0 spiro atoms. The Morgan fingerprint density at radius 1 is 1.20 bits per heavy atom. The van der Waals surface area contributed by atoms with E-state index in [9.17, 15) is 21.6 Å². The van der Waals surface area contributed by atoms with Crippen molar-refractivity contribution in [3.05, 3.63) is 24.3 Å². The predicted molar refractivity (Wildman–Crippen MR) is 110 cm³/mol. The van der Waals surface area contributed by atoms with Gasteiger partial charge < -0.3 is 9.64 Å². The summed E-state index contributed by atoms with van der Waals surface area (Å²) in [6.45, 7) is 7.44. The molecule has 2 aliphatic heterocycles. The fourth-order valence-electron chi connectivity index (χ4n) is 4.39. The van der Waals surface area contributed by atoms with Crippen molar-refractivity contribution in [3.8, 4) is 0 Å². The summed E-state index contributed by atoms with van der Waals surface area (Å²) < 4.78 is 67.4. The van der Waals surface area contributed by atoms with Crippen LogP contribution in [0.4, 0.5) is 18.9 Å². The molecule has 2 fully saturated rings. The average molecular weight is 449 g/mol. The van der Waals surface area contributed by atoms with E-state index >= 15 is 0 Å². The molecule has 1 unspecified atom stereocenters. The molecular weight excluding hydrogens is 417 g/mol. The molecule has 30 heavy (non-hydrogen) atoms. The number of anilines is 1. The summed E-state index contributed by atoms with van der Waals surface area (Å²) in [6.07, 6.45) is -4.16. The lowest BCUT2D eigenvalue weighted by molar-refractivity contribution is -0.236. The van der Waals surface area contributed by atoms with Gasteiger partial charge in [-0.15, -0.1) is 0 Å². The zero-order valence-corrected chi connectivity index (χ0v) is 18.5. The van der Waals surface area contributed by atoms with Gasteiger partial charge in [-0.25, -0.2) is 8.42 Å². The summed E-state index contributed by atoms with van der Waals surface area (Å²) in [6, 6.07) is 7.24. The zero-order valence-electron chi connectivity index (χ0n) is 17.7. The Bertz CT molecular complexity index is 821. The molecule has 1 aromatic rings. The van der Waals surface area contributed by atoms with Crippen molar-refractivity contribution in [1.29, 1.82) is 0 Å². The van der Waals surface area contributed by atoms with Crippen molar-refractivity contribution >= 4 is 15.5 Å². The third-order valence-corrected chi connectivity index (χ3v) is 7.25. The van der Waals surface area contributed by atoms with Gasteiger partial charge in [0.05, 0.1) is 11.5 Å². The van der Waals surface area contributed by atoms with Crippen molar-refractivity contribution in [2.75, 3.05) is 43.9 Å². The molecule has 9 heteroatoms. The van der Waals surface area contributed by atoms with E-state index in [-0.39, 0.29) is 25.0 Å². The highest BCUT2D eigenvalue weighted by Crippen LogP contribution is 2.33. The molecule has 170 valence electrons. The lowest BCUT2D eigenvalue weighted by atomic mass is 9.93. The highest BCUT2D eigenvalue weighted by Gasteiger charge is 2.43. The van der Waals surface area contributed by atoms with Crippen LogP contribution in [0, 0.1) is 11.8 Å². The third kappa shape index (κ3) is 5.68. The molecule has 3 rings (SSSR count). The lowest BCUT2D eigenvalue weighted by Crippen LogP contribution is -2.57. The molecule has 0 aliphatic carbocycles. The van der Waals surface area contributed by atoms with Gasteiger partial charge in [-0.2, -0.15) is 13.2 Å². The van der Waals surface area contributed by atoms with Crippen molar-refractivity contribution in [2.24, 2.45) is 11.8 Å². The van der Waals surface area contributed by atoms with Crippen molar-refractivity contribution in [3.63, 3.8) is 0 Å². The minimum atomic E-state index is -4.28. The molecule has 2 heterocycles. The quantitative estimate of drug-likeness (QED) is 0.689. The van der Waals surface area contributed by atoms with Gasteiger partial charge in [0.2, 0.25) is 0 Å².